The molecule has 21 heavy (non-hydrogen) atoms. The van der Waals surface area contributed by atoms with Crippen LogP contribution >= 0.6 is 12.4 Å². The number of rotatable bonds is 2. The highest BCUT2D eigenvalue weighted by atomic mass is 35.5. The fourth-order valence-corrected chi connectivity index (χ4v) is 2.62. The van der Waals surface area contributed by atoms with Gasteiger partial charge in [0.25, 0.3) is 0 Å². The van der Waals surface area contributed by atoms with Crippen LogP contribution in [0, 0.1) is 5.92 Å². The van der Waals surface area contributed by atoms with E-state index in [1.165, 1.54) is 0 Å². The molecule has 1 aromatic rings. The Morgan fingerprint density at radius 3 is 2.81 bits per heavy atom. The number of amides is 1. The second kappa shape index (κ2) is 6.12. The molecule has 0 bridgehead atoms. The number of piperidine rings is 1. The Kier molecular flexibility index (Phi) is 4.64. The highest BCUT2D eigenvalue weighted by molar-refractivity contribution is 5.93. The lowest BCUT2D eigenvalue weighted by Crippen LogP contribution is -2.37. The third-order valence-electron chi connectivity index (χ3n) is 3.59. The summed E-state index contributed by atoms with van der Waals surface area (Å²) in [4.78, 5) is 12.2. The van der Waals surface area contributed by atoms with E-state index >= 15 is 0 Å². The minimum absolute atomic E-state index is 0. The van der Waals surface area contributed by atoms with Crippen molar-refractivity contribution >= 4 is 24.0 Å². The van der Waals surface area contributed by atoms with Crippen molar-refractivity contribution in [3.63, 3.8) is 0 Å². The van der Waals surface area contributed by atoms with Gasteiger partial charge in [0.05, 0.1) is 5.92 Å². The van der Waals surface area contributed by atoms with Crippen molar-refractivity contribution in [2.45, 2.75) is 32.5 Å². The van der Waals surface area contributed by atoms with Gasteiger partial charge in [0.15, 0.2) is 11.5 Å². The molecule has 0 aromatic heterocycles. The van der Waals surface area contributed by atoms with E-state index in [-0.39, 0.29) is 24.2 Å². The largest absolute Gasteiger partial charge is 0.449 e. The summed E-state index contributed by atoms with van der Waals surface area (Å²) in [6.07, 6.45) is 1.99. The lowest BCUT2D eigenvalue weighted by atomic mass is 9.99. The van der Waals surface area contributed by atoms with Crippen LogP contribution in [0.2, 0.25) is 0 Å². The summed E-state index contributed by atoms with van der Waals surface area (Å²) in [5.41, 5.74) is 0.751. The highest BCUT2D eigenvalue weighted by Crippen LogP contribution is 2.40. The predicted octanol–water partition coefficient (Wildman–Crippen LogP) is 2.55. The first kappa shape index (κ1) is 15.9. The number of hydrogen-bond donors (Lipinski definition) is 2. The van der Waals surface area contributed by atoms with Crippen LogP contribution in [-0.4, -0.2) is 24.8 Å². The van der Waals surface area contributed by atoms with Crippen LogP contribution in [0.25, 0.3) is 0 Å². The van der Waals surface area contributed by atoms with Gasteiger partial charge in [0.1, 0.15) is 0 Å². The summed E-state index contributed by atoms with van der Waals surface area (Å²) in [5.74, 6) is 0.862. The zero-order chi connectivity index (χ0) is 14.2. The Hall–Kier alpha value is -1.46. The molecule has 116 valence electrons. The van der Waals surface area contributed by atoms with Crippen LogP contribution in [0.1, 0.15) is 26.7 Å². The van der Waals surface area contributed by atoms with Gasteiger partial charge < -0.3 is 20.1 Å². The van der Waals surface area contributed by atoms with Crippen LogP contribution in [0.3, 0.4) is 0 Å². The van der Waals surface area contributed by atoms with Gasteiger partial charge in [0, 0.05) is 32.1 Å². The van der Waals surface area contributed by atoms with Gasteiger partial charge in [-0.1, -0.05) is 0 Å². The third kappa shape index (κ3) is 3.60. The number of halogens is 1. The van der Waals surface area contributed by atoms with E-state index in [0.29, 0.717) is 11.5 Å². The van der Waals surface area contributed by atoms with Crippen LogP contribution in [-0.2, 0) is 4.79 Å². The van der Waals surface area contributed by atoms with E-state index in [2.05, 4.69) is 10.6 Å². The van der Waals surface area contributed by atoms with Gasteiger partial charge in [-0.15, -0.1) is 12.4 Å². The average molecular weight is 313 g/mol. The molecular weight excluding hydrogens is 292 g/mol. The molecule has 2 heterocycles. The molecule has 1 atom stereocenters. The number of fused-ring (bicyclic) bond motifs is 1. The summed E-state index contributed by atoms with van der Waals surface area (Å²) >= 11 is 0. The van der Waals surface area contributed by atoms with Crippen molar-refractivity contribution in [2.24, 2.45) is 5.92 Å². The fourth-order valence-electron chi connectivity index (χ4n) is 2.62. The number of nitrogens with one attached hydrogen (secondary N) is 2. The van der Waals surface area contributed by atoms with Crippen molar-refractivity contribution in [2.75, 3.05) is 18.4 Å². The molecule has 1 fully saturated rings. The van der Waals surface area contributed by atoms with Gasteiger partial charge >= 0.3 is 0 Å². The summed E-state index contributed by atoms with van der Waals surface area (Å²) in [6.45, 7) is 5.48. The van der Waals surface area contributed by atoms with Crippen LogP contribution in [0.4, 0.5) is 5.69 Å². The maximum absolute atomic E-state index is 12.2. The second-order valence-electron chi connectivity index (χ2n) is 5.80. The smallest absolute Gasteiger partial charge is 0.246 e. The van der Waals surface area contributed by atoms with Crippen LogP contribution < -0.4 is 20.1 Å². The van der Waals surface area contributed by atoms with Gasteiger partial charge in [-0.3, -0.25) is 4.79 Å². The first-order valence-electron chi connectivity index (χ1n) is 7.07. The van der Waals surface area contributed by atoms with E-state index < -0.39 is 5.79 Å². The van der Waals surface area contributed by atoms with E-state index in [4.69, 9.17) is 9.47 Å². The van der Waals surface area contributed by atoms with Gasteiger partial charge in [-0.2, -0.15) is 0 Å². The van der Waals surface area contributed by atoms with Crippen molar-refractivity contribution in [1.82, 2.24) is 5.32 Å². The molecule has 1 aromatic carbocycles. The molecule has 2 N–H and O–H groups in total. The number of anilines is 1. The highest BCUT2D eigenvalue weighted by Gasteiger charge is 2.32. The number of ether oxygens (including phenoxy) is 2. The first-order chi connectivity index (χ1) is 9.53. The van der Waals surface area contributed by atoms with Crippen molar-refractivity contribution in [1.29, 1.82) is 0 Å². The molecule has 5 nitrogen and oxygen atoms in total. The summed E-state index contributed by atoms with van der Waals surface area (Å²) < 4.78 is 11.3. The number of hydrogen-bond acceptors (Lipinski definition) is 4. The van der Waals surface area contributed by atoms with E-state index in [1.54, 1.807) is 0 Å². The Morgan fingerprint density at radius 2 is 2.10 bits per heavy atom. The standard InChI is InChI=1S/C15H20N2O3.ClH/c1-15(2)19-12-6-5-11(8-13(12)20-15)17-14(18)10-4-3-7-16-9-10;/h5-6,8,10,16H,3-4,7,9H2,1-2H3,(H,17,18);1H/t10-;/m1./s1. The quantitative estimate of drug-likeness (QED) is 0.881. The van der Waals surface area contributed by atoms with E-state index in [1.807, 2.05) is 32.0 Å². The maximum Gasteiger partial charge on any atom is 0.246 e. The molecule has 0 spiro atoms. The lowest BCUT2D eigenvalue weighted by molar-refractivity contribution is -0.120. The Bertz CT molecular complexity index is 528. The van der Waals surface area contributed by atoms with Crippen molar-refractivity contribution in [3.8, 4) is 11.5 Å². The zero-order valence-electron chi connectivity index (χ0n) is 12.3. The molecular formula is C15H21ClN2O3. The third-order valence-corrected chi connectivity index (χ3v) is 3.59. The van der Waals surface area contributed by atoms with Gasteiger partial charge in [-0.25, -0.2) is 0 Å². The summed E-state index contributed by atoms with van der Waals surface area (Å²) in [6, 6.07) is 5.49. The molecule has 2 aliphatic rings. The molecule has 2 aliphatic heterocycles. The number of carbonyl (C=O) groups is 1. The normalized spacial score (nSPS) is 22.3. The average Bonchev–Trinajstić information content (AvgIpc) is 2.73. The first-order valence-corrected chi connectivity index (χ1v) is 7.07. The Balaban J connectivity index is 0.00000161. The monoisotopic (exact) mass is 312 g/mol. The molecule has 0 aliphatic carbocycles. The second-order valence-corrected chi connectivity index (χ2v) is 5.80. The minimum Gasteiger partial charge on any atom is -0.449 e. The number of carbonyl (C=O) groups excluding carboxylic acids is 1. The molecule has 0 unspecified atom stereocenters. The molecule has 0 radical (unpaired) electrons. The SMILES string of the molecule is CC1(C)Oc2ccc(NC(=O)[C@@H]3CCCNC3)cc2O1.Cl. The molecule has 1 saturated heterocycles. The topological polar surface area (TPSA) is 59.6 Å². The fraction of sp³-hybridized carbons (Fsp3) is 0.533. The summed E-state index contributed by atoms with van der Waals surface area (Å²) in [7, 11) is 0. The Morgan fingerprint density at radius 1 is 1.33 bits per heavy atom. The molecule has 1 amide bonds. The van der Waals surface area contributed by atoms with E-state index in [9.17, 15) is 4.79 Å². The predicted molar refractivity (Wildman–Crippen MR) is 83.2 cm³/mol. The molecule has 6 heteroatoms. The maximum atomic E-state index is 12.2. The summed E-state index contributed by atoms with van der Waals surface area (Å²) in [5, 5.41) is 6.20. The van der Waals surface area contributed by atoms with E-state index in [0.717, 1.165) is 31.6 Å². The molecule has 3 rings (SSSR count). The van der Waals surface area contributed by atoms with Gasteiger partial charge in [0.2, 0.25) is 11.7 Å². The van der Waals surface area contributed by atoms with Gasteiger partial charge in [-0.05, 0) is 31.5 Å². The minimum atomic E-state index is -0.641. The van der Waals surface area contributed by atoms with Crippen LogP contribution in [0.5, 0.6) is 11.5 Å². The lowest BCUT2D eigenvalue weighted by Gasteiger charge is -2.21. The zero-order valence-corrected chi connectivity index (χ0v) is 13.1. The van der Waals surface area contributed by atoms with Crippen LogP contribution in [0.15, 0.2) is 18.2 Å². The van der Waals surface area contributed by atoms with Crippen molar-refractivity contribution in [3.05, 3.63) is 18.2 Å². The van der Waals surface area contributed by atoms with Crippen molar-refractivity contribution < 1.29 is 14.3 Å². The number of benzene rings is 1. The molecule has 0 saturated carbocycles. The Labute approximate surface area is 130 Å².